The zero-order valence-electron chi connectivity index (χ0n) is 10.3. The molecule has 2 aromatic rings. The minimum Gasteiger partial charge on any atom is -0.489 e. The molecular weight excluding hydrogens is 222 g/mol. The van der Waals surface area contributed by atoms with Crippen LogP contribution < -0.4 is 10.5 Å². The molecule has 0 amide bonds. The monoisotopic (exact) mass is 239 g/mol. The highest BCUT2D eigenvalue weighted by molar-refractivity contribution is 5.51. The lowest BCUT2D eigenvalue weighted by Gasteiger charge is -2.11. The van der Waals surface area contributed by atoms with Crippen molar-refractivity contribution in [2.24, 2.45) is 5.73 Å². The van der Waals surface area contributed by atoms with E-state index >= 15 is 0 Å². The van der Waals surface area contributed by atoms with E-state index in [4.69, 9.17) is 10.5 Å². The smallest absolute Gasteiger partial charge is 0.124 e. The third-order valence-corrected chi connectivity index (χ3v) is 2.78. The lowest BCUT2D eigenvalue weighted by molar-refractivity contribution is 0.303. The molecule has 18 heavy (non-hydrogen) atoms. The molecule has 0 saturated carbocycles. The fourth-order valence-electron chi connectivity index (χ4n) is 1.76. The number of hydrogen-bond donors (Lipinski definition) is 1. The highest BCUT2D eigenvalue weighted by Crippen LogP contribution is 2.21. The van der Waals surface area contributed by atoms with Gasteiger partial charge in [0.25, 0.3) is 0 Å². The van der Waals surface area contributed by atoms with Crippen LogP contribution >= 0.6 is 0 Å². The van der Waals surface area contributed by atoms with Crippen molar-refractivity contribution in [1.29, 1.82) is 0 Å². The molecule has 0 bridgehead atoms. The van der Waals surface area contributed by atoms with Crippen molar-refractivity contribution in [2.45, 2.75) is 13.2 Å². The van der Waals surface area contributed by atoms with E-state index in [0.29, 0.717) is 13.2 Å². The maximum Gasteiger partial charge on any atom is 0.124 e. The van der Waals surface area contributed by atoms with E-state index in [9.17, 15) is 0 Å². The van der Waals surface area contributed by atoms with Gasteiger partial charge in [-0.15, -0.1) is 0 Å². The summed E-state index contributed by atoms with van der Waals surface area (Å²) in [5.41, 5.74) is 8.94. The first-order chi connectivity index (χ1) is 8.83. The normalized spacial score (nSPS) is 10.1. The molecule has 0 heterocycles. The molecule has 0 fully saturated rings. The highest BCUT2D eigenvalue weighted by Gasteiger charge is 2.03. The van der Waals surface area contributed by atoms with Crippen molar-refractivity contribution >= 4 is 6.08 Å². The van der Waals surface area contributed by atoms with Crippen LogP contribution in [0.4, 0.5) is 0 Å². The lowest BCUT2D eigenvalue weighted by atomic mass is 10.1. The maximum atomic E-state index is 5.80. The molecule has 2 rings (SSSR count). The topological polar surface area (TPSA) is 35.2 Å². The number of benzene rings is 2. The Morgan fingerprint density at radius 3 is 2.56 bits per heavy atom. The van der Waals surface area contributed by atoms with Crippen LogP contribution in [-0.2, 0) is 13.2 Å². The van der Waals surface area contributed by atoms with Crippen molar-refractivity contribution in [3.8, 4) is 5.75 Å². The van der Waals surface area contributed by atoms with Gasteiger partial charge in [0.2, 0.25) is 0 Å². The second-order valence-electron chi connectivity index (χ2n) is 4.05. The maximum absolute atomic E-state index is 5.80. The van der Waals surface area contributed by atoms with Crippen molar-refractivity contribution in [3.63, 3.8) is 0 Å². The van der Waals surface area contributed by atoms with Gasteiger partial charge in [0.15, 0.2) is 0 Å². The van der Waals surface area contributed by atoms with Crippen molar-refractivity contribution in [1.82, 2.24) is 0 Å². The van der Waals surface area contributed by atoms with Crippen LogP contribution in [0, 0.1) is 0 Å². The summed E-state index contributed by atoms with van der Waals surface area (Å²) in [6.45, 7) is 4.77. The Labute approximate surface area is 108 Å². The average Bonchev–Trinajstić information content (AvgIpc) is 2.46. The lowest BCUT2D eigenvalue weighted by Crippen LogP contribution is -2.03. The molecule has 0 saturated heterocycles. The molecule has 0 aliphatic heterocycles. The van der Waals surface area contributed by atoms with Gasteiger partial charge in [-0.05, 0) is 23.3 Å². The highest BCUT2D eigenvalue weighted by atomic mass is 16.5. The fourth-order valence-corrected chi connectivity index (χ4v) is 1.76. The van der Waals surface area contributed by atoms with Gasteiger partial charge in [-0.1, -0.05) is 49.1 Å². The molecule has 0 aliphatic carbocycles. The molecule has 2 heteroatoms. The predicted octanol–water partition coefficient (Wildman–Crippen LogP) is 3.37. The van der Waals surface area contributed by atoms with Crippen LogP contribution in [-0.4, -0.2) is 0 Å². The first kappa shape index (κ1) is 12.4. The van der Waals surface area contributed by atoms with Crippen LogP contribution in [0.15, 0.2) is 55.1 Å². The van der Waals surface area contributed by atoms with Gasteiger partial charge in [-0.25, -0.2) is 0 Å². The summed E-state index contributed by atoms with van der Waals surface area (Å²) in [5.74, 6) is 0.840. The Morgan fingerprint density at radius 1 is 1.11 bits per heavy atom. The molecule has 0 spiro atoms. The fraction of sp³-hybridized carbons (Fsp3) is 0.125. The van der Waals surface area contributed by atoms with E-state index in [2.05, 4.69) is 6.58 Å². The SMILES string of the molecule is C=Cc1ccc(OCc2ccccc2)c(CN)c1. The first-order valence-corrected chi connectivity index (χ1v) is 5.95. The summed E-state index contributed by atoms with van der Waals surface area (Å²) in [4.78, 5) is 0. The summed E-state index contributed by atoms with van der Waals surface area (Å²) >= 11 is 0. The van der Waals surface area contributed by atoms with Gasteiger partial charge < -0.3 is 10.5 Å². The summed E-state index contributed by atoms with van der Waals surface area (Å²) in [5, 5.41) is 0. The predicted molar refractivity (Wildman–Crippen MR) is 75.2 cm³/mol. The number of ether oxygens (including phenoxy) is 1. The molecule has 0 unspecified atom stereocenters. The quantitative estimate of drug-likeness (QED) is 0.868. The molecule has 92 valence electrons. The van der Waals surface area contributed by atoms with Crippen molar-refractivity contribution in [3.05, 3.63) is 71.8 Å². The van der Waals surface area contributed by atoms with Gasteiger partial charge in [0.05, 0.1) is 0 Å². The van der Waals surface area contributed by atoms with E-state index < -0.39 is 0 Å². The number of nitrogens with two attached hydrogens (primary N) is 1. The molecule has 0 aliphatic rings. The summed E-state index contributed by atoms with van der Waals surface area (Å²) in [7, 11) is 0. The van der Waals surface area contributed by atoms with E-state index in [1.54, 1.807) is 6.08 Å². The molecular formula is C16H17NO. The average molecular weight is 239 g/mol. The molecule has 0 atom stereocenters. The Kier molecular flexibility index (Phi) is 4.15. The van der Waals surface area contributed by atoms with E-state index in [-0.39, 0.29) is 0 Å². The second kappa shape index (κ2) is 6.03. The molecule has 2 nitrogen and oxygen atoms in total. The van der Waals surface area contributed by atoms with Crippen LogP contribution in [0.25, 0.3) is 6.08 Å². The van der Waals surface area contributed by atoms with Gasteiger partial charge >= 0.3 is 0 Å². The number of rotatable bonds is 5. The molecule has 0 radical (unpaired) electrons. The third kappa shape index (κ3) is 2.99. The first-order valence-electron chi connectivity index (χ1n) is 5.95. The zero-order valence-corrected chi connectivity index (χ0v) is 10.3. The molecule has 0 aromatic heterocycles. The van der Waals surface area contributed by atoms with Gasteiger partial charge in [0.1, 0.15) is 12.4 Å². The minimum absolute atomic E-state index is 0.464. The van der Waals surface area contributed by atoms with E-state index in [1.807, 2.05) is 48.5 Å². The standard InChI is InChI=1S/C16H17NO/c1-2-13-8-9-16(15(10-13)11-17)18-12-14-6-4-3-5-7-14/h2-10H,1,11-12,17H2. The van der Waals surface area contributed by atoms with Gasteiger partial charge in [0, 0.05) is 12.1 Å². The van der Waals surface area contributed by atoms with Crippen LogP contribution in [0.1, 0.15) is 16.7 Å². The summed E-state index contributed by atoms with van der Waals surface area (Å²) < 4.78 is 5.80. The minimum atomic E-state index is 0.464. The largest absolute Gasteiger partial charge is 0.489 e. The second-order valence-corrected chi connectivity index (χ2v) is 4.05. The Bertz CT molecular complexity index is 520. The van der Waals surface area contributed by atoms with E-state index in [1.165, 1.54) is 0 Å². The van der Waals surface area contributed by atoms with E-state index in [0.717, 1.165) is 22.4 Å². The Morgan fingerprint density at radius 2 is 1.89 bits per heavy atom. The van der Waals surface area contributed by atoms with Crippen molar-refractivity contribution in [2.75, 3.05) is 0 Å². The Balaban J connectivity index is 2.11. The van der Waals surface area contributed by atoms with Crippen LogP contribution in [0.3, 0.4) is 0 Å². The van der Waals surface area contributed by atoms with Crippen LogP contribution in [0.2, 0.25) is 0 Å². The van der Waals surface area contributed by atoms with Gasteiger partial charge in [-0.2, -0.15) is 0 Å². The van der Waals surface area contributed by atoms with Crippen LogP contribution in [0.5, 0.6) is 5.75 Å². The summed E-state index contributed by atoms with van der Waals surface area (Å²) in [6.07, 6.45) is 1.81. The van der Waals surface area contributed by atoms with Gasteiger partial charge in [-0.3, -0.25) is 0 Å². The zero-order chi connectivity index (χ0) is 12.8. The molecule has 2 aromatic carbocycles. The molecule has 2 N–H and O–H groups in total. The third-order valence-electron chi connectivity index (χ3n) is 2.78. The summed E-state index contributed by atoms with van der Waals surface area (Å²) in [6, 6.07) is 16.0. The Hall–Kier alpha value is -2.06. The number of hydrogen-bond acceptors (Lipinski definition) is 2. The van der Waals surface area contributed by atoms with Crippen molar-refractivity contribution < 1.29 is 4.74 Å².